The van der Waals surface area contributed by atoms with Crippen molar-refractivity contribution in [3.05, 3.63) is 33.6 Å². The average Bonchev–Trinajstić information content (AvgIpc) is 3.37. The van der Waals surface area contributed by atoms with Crippen LogP contribution in [-0.4, -0.2) is 47.2 Å². The van der Waals surface area contributed by atoms with Gasteiger partial charge in [-0.1, -0.05) is 0 Å². The molecular formula is C19H26FN3O4. The summed E-state index contributed by atoms with van der Waals surface area (Å²) in [4.78, 5) is 26.6. The summed E-state index contributed by atoms with van der Waals surface area (Å²) in [6.45, 7) is 8.64. The van der Waals surface area contributed by atoms with Crippen LogP contribution in [0.15, 0.2) is 12.1 Å². The van der Waals surface area contributed by atoms with E-state index in [-0.39, 0.29) is 29.3 Å². The van der Waals surface area contributed by atoms with E-state index >= 15 is 4.39 Å². The van der Waals surface area contributed by atoms with E-state index in [0.29, 0.717) is 25.3 Å². The number of amides is 1. The minimum absolute atomic E-state index is 0.0641. The van der Waals surface area contributed by atoms with Gasteiger partial charge in [0.2, 0.25) is 0 Å². The standard InChI is InChI=1S/C19H26FN3O4/c1-12-11-21(9-10-22(12)18(24)27-19(2,3)4)15-8-7-14(23(25)26)16(17(15)20)13-5-6-13/h7-8,12-13H,5-6,9-11H2,1-4H3/t12-/m1/s1. The Morgan fingerprint density at radius 2 is 1.96 bits per heavy atom. The molecule has 1 aromatic rings. The van der Waals surface area contributed by atoms with E-state index in [1.807, 2.05) is 32.6 Å². The number of ether oxygens (including phenoxy) is 1. The van der Waals surface area contributed by atoms with E-state index in [1.54, 1.807) is 4.90 Å². The summed E-state index contributed by atoms with van der Waals surface area (Å²) in [6.07, 6.45) is 1.19. The number of hydrogen-bond donors (Lipinski definition) is 0. The predicted octanol–water partition coefficient (Wildman–Crippen LogP) is 4.06. The summed E-state index contributed by atoms with van der Waals surface area (Å²) in [5.41, 5.74) is -0.116. The molecule has 1 aliphatic heterocycles. The number of benzene rings is 1. The van der Waals surface area contributed by atoms with Gasteiger partial charge in [0, 0.05) is 31.7 Å². The average molecular weight is 379 g/mol. The largest absolute Gasteiger partial charge is 0.444 e. The Hall–Kier alpha value is -2.38. The third-order valence-electron chi connectivity index (χ3n) is 4.91. The molecule has 1 saturated carbocycles. The molecule has 2 fully saturated rings. The Labute approximate surface area is 158 Å². The monoisotopic (exact) mass is 379 g/mol. The first-order valence-electron chi connectivity index (χ1n) is 9.30. The van der Waals surface area contributed by atoms with Gasteiger partial charge in [-0.05, 0) is 52.5 Å². The van der Waals surface area contributed by atoms with Crippen molar-refractivity contribution in [3.63, 3.8) is 0 Å². The number of carbonyl (C=O) groups excluding carboxylic acids is 1. The van der Waals surface area contributed by atoms with Gasteiger partial charge in [0.1, 0.15) is 5.60 Å². The van der Waals surface area contributed by atoms with Gasteiger partial charge >= 0.3 is 6.09 Å². The van der Waals surface area contributed by atoms with Crippen LogP contribution in [0.25, 0.3) is 0 Å². The molecular weight excluding hydrogens is 353 g/mol. The van der Waals surface area contributed by atoms with Crippen molar-refractivity contribution in [2.75, 3.05) is 24.5 Å². The summed E-state index contributed by atoms with van der Waals surface area (Å²) in [7, 11) is 0. The van der Waals surface area contributed by atoms with Crippen molar-refractivity contribution in [2.24, 2.45) is 0 Å². The Bertz CT molecular complexity index is 758. The lowest BCUT2D eigenvalue weighted by Gasteiger charge is -2.41. The predicted molar refractivity (Wildman–Crippen MR) is 99.6 cm³/mol. The van der Waals surface area contributed by atoms with Gasteiger partial charge in [-0.25, -0.2) is 9.18 Å². The van der Waals surface area contributed by atoms with Gasteiger partial charge in [-0.3, -0.25) is 10.1 Å². The van der Waals surface area contributed by atoms with E-state index in [2.05, 4.69) is 0 Å². The Kier molecular flexibility index (Phi) is 5.01. The maximum atomic E-state index is 15.1. The molecule has 1 aliphatic carbocycles. The zero-order valence-corrected chi connectivity index (χ0v) is 16.2. The molecule has 148 valence electrons. The summed E-state index contributed by atoms with van der Waals surface area (Å²) >= 11 is 0. The third-order valence-corrected chi connectivity index (χ3v) is 4.91. The van der Waals surface area contributed by atoms with E-state index in [1.165, 1.54) is 12.1 Å². The Morgan fingerprint density at radius 3 is 2.48 bits per heavy atom. The highest BCUT2D eigenvalue weighted by atomic mass is 19.1. The number of nitro groups is 1. The maximum Gasteiger partial charge on any atom is 0.410 e. The number of rotatable bonds is 3. The first kappa shape index (κ1) is 19.4. The number of nitrogens with zero attached hydrogens (tertiary/aromatic N) is 3. The minimum Gasteiger partial charge on any atom is -0.444 e. The molecule has 0 aromatic heterocycles. The quantitative estimate of drug-likeness (QED) is 0.585. The number of halogens is 1. The molecule has 2 aliphatic rings. The molecule has 0 N–H and O–H groups in total. The van der Waals surface area contributed by atoms with Gasteiger partial charge < -0.3 is 14.5 Å². The summed E-state index contributed by atoms with van der Waals surface area (Å²) in [6, 6.07) is 2.72. The number of carbonyl (C=O) groups is 1. The molecule has 0 unspecified atom stereocenters. The fourth-order valence-corrected chi connectivity index (χ4v) is 3.50. The Balaban J connectivity index is 1.78. The third kappa shape index (κ3) is 4.14. The second kappa shape index (κ2) is 6.98. The molecule has 0 spiro atoms. The zero-order chi connectivity index (χ0) is 19.9. The zero-order valence-electron chi connectivity index (χ0n) is 16.2. The van der Waals surface area contributed by atoms with Crippen LogP contribution in [0.1, 0.15) is 52.0 Å². The van der Waals surface area contributed by atoms with Crippen LogP contribution < -0.4 is 4.90 Å². The van der Waals surface area contributed by atoms with Gasteiger partial charge in [-0.2, -0.15) is 0 Å². The molecule has 7 nitrogen and oxygen atoms in total. The summed E-state index contributed by atoms with van der Waals surface area (Å²) < 4.78 is 20.6. The smallest absolute Gasteiger partial charge is 0.410 e. The lowest BCUT2D eigenvalue weighted by atomic mass is 10.0. The normalized spacial score (nSPS) is 20.6. The molecule has 0 radical (unpaired) electrons. The molecule has 8 heteroatoms. The molecule has 1 heterocycles. The van der Waals surface area contributed by atoms with Crippen LogP contribution in [0.2, 0.25) is 0 Å². The lowest BCUT2D eigenvalue weighted by molar-refractivity contribution is -0.385. The van der Waals surface area contributed by atoms with Crippen molar-refractivity contribution < 1.29 is 18.8 Å². The first-order chi connectivity index (χ1) is 12.6. The number of nitro benzene ring substituents is 1. The molecule has 1 saturated heterocycles. The fraction of sp³-hybridized carbons (Fsp3) is 0.632. The topological polar surface area (TPSA) is 75.9 Å². The van der Waals surface area contributed by atoms with Crippen LogP contribution in [0, 0.1) is 15.9 Å². The summed E-state index contributed by atoms with van der Waals surface area (Å²) in [5.74, 6) is -0.560. The van der Waals surface area contributed by atoms with E-state index < -0.39 is 16.3 Å². The molecule has 1 amide bonds. The first-order valence-corrected chi connectivity index (χ1v) is 9.30. The minimum atomic E-state index is -0.572. The number of piperazine rings is 1. The van der Waals surface area contributed by atoms with E-state index in [9.17, 15) is 14.9 Å². The molecule has 1 aromatic carbocycles. The summed E-state index contributed by atoms with van der Waals surface area (Å²) in [5, 5.41) is 11.2. The van der Waals surface area contributed by atoms with E-state index in [0.717, 1.165) is 12.8 Å². The second-order valence-electron chi connectivity index (χ2n) is 8.33. The van der Waals surface area contributed by atoms with Crippen LogP contribution in [0.4, 0.5) is 20.6 Å². The maximum absolute atomic E-state index is 15.1. The fourth-order valence-electron chi connectivity index (χ4n) is 3.50. The van der Waals surface area contributed by atoms with Crippen molar-refractivity contribution in [3.8, 4) is 0 Å². The second-order valence-corrected chi connectivity index (χ2v) is 8.33. The van der Waals surface area contributed by atoms with Crippen LogP contribution in [-0.2, 0) is 4.74 Å². The van der Waals surface area contributed by atoms with Crippen molar-refractivity contribution in [1.82, 2.24) is 4.90 Å². The van der Waals surface area contributed by atoms with Gasteiger partial charge in [0.15, 0.2) is 5.82 Å². The van der Waals surface area contributed by atoms with Crippen LogP contribution >= 0.6 is 0 Å². The number of hydrogen-bond acceptors (Lipinski definition) is 5. The SMILES string of the molecule is C[C@@H]1CN(c2ccc([N+](=O)[O-])c(C3CC3)c2F)CCN1C(=O)OC(C)(C)C. The van der Waals surface area contributed by atoms with Crippen LogP contribution in [0.5, 0.6) is 0 Å². The van der Waals surface area contributed by atoms with Crippen molar-refractivity contribution >= 4 is 17.5 Å². The molecule has 3 rings (SSSR count). The van der Waals surface area contributed by atoms with Crippen molar-refractivity contribution in [1.29, 1.82) is 0 Å². The Morgan fingerprint density at radius 1 is 1.30 bits per heavy atom. The lowest BCUT2D eigenvalue weighted by Crippen LogP contribution is -2.55. The van der Waals surface area contributed by atoms with Gasteiger partial charge in [-0.15, -0.1) is 0 Å². The van der Waals surface area contributed by atoms with E-state index in [4.69, 9.17) is 4.74 Å². The van der Waals surface area contributed by atoms with Crippen LogP contribution in [0.3, 0.4) is 0 Å². The van der Waals surface area contributed by atoms with Crippen molar-refractivity contribution in [2.45, 2.75) is 58.1 Å². The highest BCUT2D eigenvalue weighted by Crippen LogP contribution is 2.47. The number of anilines is 1. The highest BCUT2D eigenvalue weighted by molar-refractivity contribution is 5.69. The highest BCUT2D eigenvalue weighted by Gasteiger charge is 2.37. The van der Waals surface area contributed by atoms with Gasteiger partial charge in [0.25, 0.3) is 5.69 Å². The van der Waals surface area contributed by atoms with Gasteiger partial charge in [0.05, 0.1) is 16.2 Å². The molecule has 27 heavy (non-hydrogen) atoms. The molecule has 0 bridgehead atoms. The molecule has 1 atom stereocenters.